The molecule has 1 aliphatic rings. The summed E-state index contributed by atoms with van der Waals surface area (Å²) in [5.74, 6) is 0.716. The molecule has 2 aromatic heterocycles. The first-order valence-corrected chi connectivity index (χ1v) is 8.38. The Balaban J connectivity index is 1.71. The molecule has 10 heteroatoms. The van der Waals surface area contributed by atoms with E-state index in [4.69, 9.17) is 0 Å². The molecule has 0 saturated carbocycles. The van der Waals surface area contributed by atoms with Crippen LogP contribution in [-0.4, -0.2) is 36.1 Å². The highest BCUT2D eigenvalue weighted by Crippen LogP contribution is 2.40. The van der Waals surface area contributed by atoms with E-state index in [0.29, 0.717) is 37.1 Å². The van der Waals surface area contributed by atoms with Gasteiger partial charge in [0.2, 0.25) is 5.56 Å². The van der Waals surface area contributed by atoms with Crippen LogP contribution >= 0.6 is 27.3 Å². The van der Waals surface area contributed by atoms with Crippen molar-refractivity contribution in [2.45, 2.75) is 6.18 Å². The van der Waals surface area contributed by atoms with Gasteiger partial charge in [0.05, 0.1) is 0 Å². The number of hydrogen-bond acceptors (Lipinski definition) is 5. The maximum absolute atomic E-state index is 12.8. The topological polar surface area (TPSA) is 52.2 Å². The van der Waals surface area contributed by atoms with Gasteiger partial charge in [-0.3, -0.25) is 4.79 Å². The predicted octanol–water partition coefficient (Wildman–Crippen LogP) is 2.94. The Morgan fingerprint density at radius 3 is 2.39 bits per heavy atom. The number of nitrogens with one attached hydrogen (secondary N) is 1. The average molecular weight is 409 g/mol. The number of thiazole rings is 1. The Hall–Kier alpha value is -1.55. The van der Waals surface area contributed by atoms with Gasteiger partial charge in [-0.25, -0.2) is 4.98 Å². The molecule has 1 fully saturated rings. The van der Waals surface area contributed by atoms with E-state index in [2.05, 4.69) is 25.9 Å². The predicted molar refractivity (Wildman–Crippen MR) is 86.3 cm³/mol. The number of nitrogens with zero attached hydrogens (tertiary/aromatic N) is 3. The van der Waals surface area contributed by atoms with Crippen molar-refractivity contribution in [1.29, 1.82) is 0 Å². The fourth-order valence-corrected chi connectivity index (χ4v) is 3.98. The van der Waals surface area contributed by atoms with Gasteiger partial charge in [0.15, 0.2) is 10.8 Å². The van der Waals surface area contributed by atoms with Gasteiger partial charge in [0.1, 0.15) is 9.60 Å². The summed E-state index contributed by atoms with van der Waals surface area (Å²) in [4.78, 5) is 21.6. The number of piperazine rings is 1. The zero-order valence-electron chi connectivity index (χ0n) is 11.7. The summed E-state index contributed by atoms with van der Waals surface area (Å²) in [6, 6.07) is 4.92. The van der Waals surface area contributed by atoms with Crippen LogP contribution in [0.4, 0.5) is 24.1 Å². The lowest BCUT2D eigenvalue weighted by molar-refractivity contribution is -0.141. The molecule has 0 aromatic carbocycles. The number of alkyl halides is 3. The zero-order valence-corrected chi connectivity index (χ0v) is 14.1. The van der Waals surface area contributed by atoms with Gasteiger partial charge in [-0.15, -0.1) is 0 Å². The van der Waals surface area contributed by atoms with Gasteiger partial charge in [-0.2, -0.15) is 13.2 Å². The van der Waals surface area contributed by atoms with Crippen molar-refractivity contribution in [3.8, 4) is 0 Å². The molecule has 0 aliphatic carbocycles. The van der Waals surface area contributed by atoms with Crippen molar-refractivity contribution in [1.82, 2.24) is 9.97 Å². The Kier molecular flexibility index (Phi) is 4.37. The molecule has 0 bridgehead atoms. The van der Waals surface area contributed by atoms with E-state index in [0.717, 1.165) is 11.3 Å². The molecule has 0 radical (unpaired) electrons. The van der Waals surface area contributed by atoms with Crippen LogP contribution in [-0.2, 0) is 6.18 Å². The summed E-state index contributed by atoms with van der Waals surface area (Å²) >= 11 is 3.92. The number of anilines is 2. The minimum absolute atomic E-state index is 0.00480. The number of aromatic amines is 1. The quantitative estimate of drug-likeness (QED) is 0.829. The highest BCUT2D eigenvalue weighted by molar-refractivity contribution is 9.11. The fourth-order valence-electron chi connectivity index (χ4n) is 2.36. The number of aromatic nitrogens is 2. The third-order valence-corrected chi connectivity index (χ3v) is 5.25. The maximum atomic E-state index is 12.8. The normalized spacial score (nSPS) is 16.0. The minimum Gasteiger partial charge on any atom is -0.355 e. The van der Waals surface area contributed by atoms with Crippen LogP contribution in [0.25, 0.3) is 0 Å². The summed E-state index contributed by atoms with van der Waals surface area (Å²) in [7, 11) is 0. The molecule has 0 spiro atoms. The van der Waals surface area contributed by atoms with Gasteiger partial charge in [-0.05, 0) is 22.0 Å². The summed E-state index contributed by atoms with van der Waals surface area (Å²) in [6.45, 7) is 2.26. The first kappa shape index (κ1) is 16.3. The van der Waals surface area contributed by atoms with Crippen LogP contribution in [0.2, 0.25) is 0 Å². The Labute approximate surface area is 141 Å². The number of H-pyrrole nitrogens is 1. The van der Waals surface area contributed by atoms with Crippen LogP contribution in [0.15, 0.2) is 26.8 Å². The molecule has 2 aromatic rings. The van der Waals surface area contributed by atoms with Gasteiger partial charge >= 0.3 is 6.18 Å². The molecule has 1 N–H and O–H groups in total. The van der Waals surface area contributed by atoms with Crippen molar-refractivity contribution in [3.05, 3.63) is 38.0 Å². The van der Waals surface area contributed by atoms with Crippen LogP contribution in [0, 0.1) is 0 Å². The standard InChI is InChI=1S/C13H12BrF3N4OS/c14-11-10(13(15,16)17)19-12(23-11)21-6-4-20(5-7-21)8-2-1-3-9(22)18-8/h1-3H,4-7H2,(H,18,22). The molecule has 0 amide bonds. The molecule has 23 heavy (non-hydrogen) atoms. The first-order valence-electron chi connectivity index (χ1n) is 6.77. The number of hydrogen-bond donors (Lipinski definition) is 1. The Morgan fingerprint density at radius 1 is 1.17 bits per heavy atom. The largest absolute Gasteiger partial charge is 0.435 e. The third-order valence-electron chi connectivity index (χ3n) is 3.49. The SMILES string of the molecule is O=c1cccc(N2CCN(c3nc(C(F)(F)F)c(Br)s3)CC2)[nH]1. The van der Waals surface area contributed by atoms with Gasteiger partial charge in [0, 0.05) is 32.2 Å². The lowest BCUT2D eigenvalue weighted by atomic mass is 10.3. The smallest absolute Gasteiger partial charge is 0.355 e. The molecule has 3 rings (SSSR count). The number of rotatable bonds is 2. The summed E-state index contributed by atoms with van der Waals surface area (Å²) in [5.41, 5.74) is -1.06. The second kappa shape index (κ2) is 6.16. The Morgan fingerprint density at radius 2 is 1.83 bits per heavy atom. The maximum Gasteiger partial charge on any atom is 0.435 e. The van der Waals surface area contributed by atoms with Crippen LogP contribution in [0.1, 0.15) is 5.69 Å². The van der Waals surface area contributed by atoms with E-state index in [1.807, 2.05) is 9.80 Å². The van der Waals surface area contributed by atoms with Gasteiger partial charge in [0.25, 0.3) is 0 Å². The van der Waals surface area contributed by atoms with Gasteiger partial charge < -0.3 is 14.8 Å². The summed E-state index contributed by atoms with van der Waals surface area (Å²) in [6.07, 6.45) is -4.46. The molecular weight excluding hydrogens is 397 g/mol. The second-order valence-corrected chi connectivity index (χ2v) is 7.29. The van der Waals surface area contributed by atoms with Crippen LogP contribution in [0.3, 0.4) is 0 Å². The molecule has 0 atom stereocenters. The van der Waals surface area contributed by atoms with Crippen molar-refractivity contribution >= 4 is 38.2 Å². The molecule has 1 aliphatic heterocycles. The van der Waals surface area contributed by atoms with E-state index in [9.17, 15) is 18.0 Å². The molecule has 3 heterocycles. The average Bonchev–Trinajstić information content (AvgIpc) is 2.90. The highest BCUT2D eigenvalue weighted by Gasteiger charge is 2.37. The van der Waals surface area contributed by atoms with Gasteiger partial charge in [-0.1, -0.05) is 17.4 Å². The van der Waals surface area contributed by atoms with Crippen LogP contribution < -0.4 is 15.4 Å². The van der Waals surface area contributed by atoms with E-state index in [-0.39, 0.29) is 9.35 Å². The molecular formula is C13H12BrF3N4OS. The number of halogens is 4. The zero-order chi connectivity index (χ0) is 16.6. The summed E-state index contributed by atoms with van der Waals surface area (Å²) < 4.78 is 38.4. The van der Waals surface area contributed by atoms with E-state index in [1.165, 1.54) is 6.07 Å². The Bertz CT molecular complexity index is 752. The van der Waals surface area contributed by atoms with E-state index in [1.54, 1.807) is 12.1 Å². The van der Waals surface area contributed by atoms with Crippen LogP contribution in [0.5, 0.6) is 0 Å². The lowest BCUT2D eigenvalue weighted by Gasteiger charge is -2.35. The number of pyridine rings is 1. The molecule has 1 saturated heterocycles. The summed E-state index contributed by atoms with van der Waals surface area (Å²) in [5, 5.41) is 0.352. The second-order valence-electron chi connectivity index (χ2n) is 4.99. The third kappa shape index (κ3) is 3.52. The van der Waals surface area contributed by atoms with Crippen molar-refractivity contribution < 1.29 is 13.2 Å². The molecule has 124 valence electrons. The van der Waals surface area contributed by atoms with Crippen molar-refractivity contribution in [2.24, 2.45) is 0 Å². The first-order chi connectivity index (χ1) is 10.8. The van der Waals surface area contributed by atoms with Crippen molar-refractivity contribution in [2.75, 3.05) is 36.0 Å². The fraction of sp³-hybridized carbons (Fsp3) is 0.385. The van der Waals surface area contributed by atoms with E-state index >= 15 is 0 Å². The van der Waals surface area contributed by atoms with Crippen molar-refractivity contribution in [3.63, 3.8) is 0 Å². The lowest BCUT2D eigenvalue weighted by Crippen LogP contribution is -2.47. The molecule has 0 unspecified atom stereocenters. The highest BCUT2D eigenvalue weighted by atomic mass is 79.9. The van der Waals surface area contributed by atoms with E-state index < -0.39 is 11.9 Å². The monoisotopic (exact) mass is 408 g/mol. The molecule has 5 nitrogen and oxygen atoms in total. The minimum atomic E-state index is -4.46.